The van der Waals surface area contributed by atoms with Crippen LogP contribution in [-0.2, 0) is 9.59 Å². The van der Waals surface area contributed by atoms with E-state index in [1.54, 1.807) is 0 Å². The second-order valence-electron chi connectivity index (χ2n) is 6.65. The zero-order valence-corrected chi connectivity index (χ0v) is 21.3. The molecule has 0 amide bonds. The summed E-state index contributed by atoms with van der Waals surface area (Å²) in [5.74, 6) is 0.496. The number of carbonyl (C=O) groups is 1. The molecule has 0 spiro atoms. The van der Waals surface area contributed by atoms with Crippen molar-refractivity contribution in [3.63, 3.8) is 0 Å². The maximum absolute atomic E-state index is 11.8. The maximum atomic E-state index is 11.8. The standard InChI is InChI=1S/C17H25NO.C4H5O.C2H6.K/c1-6-10-17(5)12-18(13-17)15(8-3)11-14(7-2)16(19)9-4;5-3-4-1-2-4;1-2;/h7-8,11H,1,3,5-6,9-10,12-13H2,2,4H3;4H,1-2H2;1-2H3;/q-2;-1;;+1/b14-7+,15-11+;;;. The molecule has 0 radical (unpaired) electrons. The van der Waals surface area contributed by atoms with Gasteiger partial charge in [0.15, 0.2) is 5.78 Å². The van der Waals surface area contributed by atoms with Gasteiger partial charge in [-0.1, -0.05) is 52.7 Å². The fourth-order valence-corrected chi connectivity index (χ4v) is 2.65. The third kappa shape index (κ3) is 10.9. The number of ketones is 1. The number of hydrogen-bond donors (Lipinski definition) is 0. The van der Waals surface area contributed by atoms with Gasteiger partial charge in [-0.25, -0.2) is 0 Å². The Morgan fingerprint density at radius 2 is 1.89 bits per heavy atom. The molecule has 0 atom stereocenters. The zero-order chi connectivity index (χ0) is 20.2. The van der Waals surface area contributed by atoms with Gasteiger partial charge in [-0.3, -0.25) is 11.1 Å². The summed E-state index contributed by atoms with van der Waals surface area (Å²) in [6.07, 6.45) is 12.2. The smallest absolute Gasteiger partial charge is 0.542 e. The third-order valence-electron chi connectivity index (χ3n) is 4.34. The number of carbonyl (C=O) groups excluding carboxylic acids is 2. The largest absolute Gasteiger partial charge is 1.00 e. The minimum Gasteiger partial charge on any atom is -0.542 e. The van der Waals surface area contributed by atoms with Crippen LogP contribution < -0.4 is 51.4 Å². The zero-order valence-electron chi connectivity index (χ0n) is 18.1. The first-order chi connectivity index (χ1) is 12.4. The Hall–Kier alpha value is -0.00364. The van der Waals surface area contributed by atoms with Gasteiger partial charge in [-0.2, -0.15) is 6.42 Å². The Morgan fingerprint density at radius 1 is 1.33 bits per heavy atom. The SMILES string of the molecule is C=C/C(=C\C(=C/C)C(=O)CC)N1CC([CH2-])(CC[CH2-])C1.CC.O=[C-]C1CC1.[K+]. The van der Waals surface area contributed by atoms with Crippen LogP contribution in [0.1, 0.15) is 59.8 Å². The summed E-state index contributed by atoms with van der Waals surface area (Å²) in [6, 6.07) is 0. The molecular weight excluding hydrogens is 361 g/mol. The van der Waals surface area contributed by atoms with Crippen LogP contribution in [0.15, 0.2) is 36.1 Å². The topological polar surface area (TPSA) is 37.4 Å². The van der Waals surface area contributed by atoms with E-state index >= 15 is 0 Å². The van der Waals surface area contributed by atoms with Crippen LogP contribution in [0.3, 0.4) is 0 Å². The van der Waals surface area contributed by atoms with Crippen molar-refractivity contribution < 1.29 is 61.0 Å². The van der Waals surface area contributed by atoms with Crippen LogP contribution in [-0.4, -0.2) is 30.1 Å². The second kappa shape index (κ2) is 15.9. The summed E-state index contributed by atoms with van der Waals surface area (Å²) in [4.78, 5) is 23.4. The van der Waals surface area contributed by atoms with E-state index in [9.17, 15) is 9.59 Å². The van der Waals surface area contributed by atoms with E-state index < -0.39 is 0 Å². The molecule has 3 nitrogen and oxygen atoms in total. The Balaban J connectivity index is 0. The van der Waals surface area contributed by atoms with Gasteiger partial charge in [0.1, 0.15) is 0 Å². The molecule has 0 unspecified atom stereocenters. The molecule has 0 aromatic heterocycles. The first kappa shape index (κ1) is 29.2. The summed E-state index contributed by atoms with van der Waals surface area (Å²) in [6.45, 7) is 21.6. The number of Topliss-reactive ketones (excluding diaryl/α,β-unsaturated/α-hetero) is 1. The molecule has 0 aromatic carbocycles. The molecule has 1 aliphatic carbocycles. The Kier molecular flexibility index (Phi) is 17.2. The summed E-state index contributed by atoms with van der Waals surface area (Å²) in [5.41, 5.74) is 1.89. The molecule has 0 bridgehead atoms. The van der Waals surface area contributed by atoms with E-state index in [0.29, 0.717) is 12.3 Å². The minimum atomic E-state index is 0. The van der Waals surface area contributed by atoms with Crippen molar-refractivity contribution in [2.24, 2.45) is 11.3 Å². The van der Waals surface area contributed by atoms with E-state index in [2.05, 4.69) is 25.3 Å². The third-order valence-corrected chi connectivity index (χ3v) is 4.34. The number of rotatable bonds is 8. The maximum Gasteiger partial charge on any atom is 1.00 e. The average molecular weight is 398 g/mol. The molecule has 27 heavy (non-hydrogen) atoms. The molecule has 4 heteroatoms. The van der Waals surface area contributed by atoms with Crippen LogP contribution in [0.25, 0.3) is 0 Å². The van der Waals surface area contributed by atoms with Gasteiger partial charge in [-0.05, 0) is 32.2 Å². The molecule has 1 aliphatic heterocycles. The molecule has 148 valence electrons. The van der Waals surface area contributed by atoms with Crippen molar-refractivity contribution in [1.29, 1.82) is 0 Å². The molecule has 1 saturated carbocycles. The van der Waals surface area contributed by atoms with E-state index in [0.717, 1.165) is 50.0 Å². The van der Waals surface area contributed by atoms with Gasteiger partial charge < -0.3 is 23.5 Å². The first-order valence-electron chi connectivity index (χ1n) is 9.73. The quantitative estimate of drug-likeness (QED) is 0.273. The number of allylic oxidation sites excluding steroid dienone is 4. The van der Waals surface area contributed by atoms with Crippen molar-refractivity contribution in [1.82, 2.24) is 4.90 Å². The van der Waals surface area contributed by atoms with Crippen molar-refractivity contribution in [2.45, 2.75) is 59.8 Å². The summed E-state index contributed by atoms with van der Waals surface area (Å²) < 4.78 is 0. The summed E-state index contributed by atoms with van der Waals surface area (Å²) >= 11 is 0. The molecule has 0 N–H and O–H groups in total. The monoisotopic (exact) mass is 397 g/mol. The fraction of sp³-hybridized carbons (Fsp3) is 0.565. The minimum absolute atomic E-state index is 0. The summed E-state index contributed by atoms with van der Waals surface area (Å²) in [7, 11) is 0. The van der Waals surface area contributed by atoms with Crippen LogP contribution >= 0.6 is 0 Å². The molecule has 2 fully saturated rings. The van der Waals surface area contributed by atoms with Crippen LogP contribution in [0, 0.1) is 25.2 Å². The first-order valence-corrected chi connectivity index (χ1v) is 9.73. The number of nitrogens with zero attached hydrogens (tertiary/aromatic N) is 1. The van der Waals surface area contributed by atoms with Gasteiger partial charge in [0.25, 0.3) is 0 Å². The van der Waals surface area contributed by atoms with E-state index in [1.807, 2.05) is 52.2 Å². The van der Waals surface area contributed by atoms with Crippen LogP contribution in [0.2, 0.25) is 0 Å². The molecule has 2 rings (SSSR count). The van der Waals surface area contributed by atoms with Crippen molar-refractivity contribution in [3.8, 4) is 0 Å². The Bertz CT molecular complexity index is 512. The van der Waals surface area contributed by atoms with Gasteiger partial charge in [0, 0.05) is 17.7 Å². The van der Waals surface area contributed by atoms with Crippen LogP contribution in [0.4, 0.5) is 0 Å². The Morgan fingerprint density at radius 3 is 2.19 bits per heavy atom. The van der Waals surface area contributed by atoms with Crippen molar-refractivity contribution >= 4 is 12.1 Å². The number of hydrogen-bond acceptors (Lipinski definition) is 3. The van der Waals surface area contributed by atoms with Gasteiger partial charge in [0.05, 0.1) is 0 Å². The van der Waals surface area contributed by atoms with Gasteiger partial charge in [0.2, 0.25) is 0 Å². The Labute approximate surface area is 210 Å². The average Bonchev–Trinajstić information content (AvgIpc) is 3.47. The summed E-state index contributed by atoms with van der Waals surface area (Å²) in [5, 5.41) is 0. The molecule has 2 aliphatic rings. The van der Waals surface area contributed by atoms with E-state index in [1.165, 1.54) is 0 Å². The molecule has 1 heterocycles. The second-order valence-corrected chi connectivity index (χ2v) is 6.65. The van der Waals surface area contributed by atoms with E-state index in [-0.39, 0.29) is 62.6 Å². The van der Waals surface area contributed by atoms with Crippen LogP contribution in [0.5, 0.6) is 0 Å². The van der Waals surface area contributed by atoms with Crippen molar-refractivity contribution in [2.75, 3.05) is 13.1 Å². The van der Waals surface area contributed by atoms with Gasteiger partial charge >= 0.3 is 51.4 Å². The van der Waals surface area contributed by atoms with Gasteiger partial charge in [-0.15, -0.1) is 11.3 Å². The molecule has 1 saturated heterocycles. The fourth-order valence-electron chi connectivity index (χ4n) is 2.65. The van der Waals surface area contributed by atoms with E-state index in [4.69, 9.17) is 0 Å². The predicted molar refractivity (Wildman–Crippen MR) is 111 cm³/mol. The molecule has 0 aromatic rings. The molecular formula is C23H36KNO2-2. The number of likely N-dealkylation sites (tertiary alicyclic amines) is 1. The normalized spacial score (nSPS) is 17.8. The van der Waals surface area contributed by atoms with Crippen molar-refractivity contribution in [3.05, 3.63) is 49.9 Å². The predicted octanol–water partition coefficient (Wildman–Crippen LogP) is 2.27.